The number of hydrogen-bond donors (Lipinski definition) is 1. The summed E-state index contributed by atoms with van der Waals surface area (Å²) >= 11 is 0. The van der Waals surface area contributed by atoms with Crippen molar-refractivity contribution in [3.8, 4) is 23.0 Å². The highest BCUT2D eigenvalue weighted by atomic mass is 15.1. The fourth-order valence-corrected chi connectivity index (χ4v) is 2.01. The van der Waals surface area contributed by atoms with Crippen LogP contribution in [0.2, 0.25) is 0 Å². The summed E-state index contributed by atoms with van der Waals surface area (Å²) in [5.74, 6) is 1.56. The third-order valence-electron chi connectivity index (χ3n) is 2.95. The Hall–Kier alpha value is -2.63. The van der Waals surface area contributed by atoms with E-state index in [1.807, 2.05) is 47.8 Å². The van der Waals surface area contributed by atoms with Crippen LogP contribution in [0.3, 0.4) is 0 Å². The van der Waals surface area contributed by atoms with E-state index in [0.29, 0.717) is 5.69 Å². The van der Waals surface area contributed by atoms with Crippen LogP contribution in [0.25, 0.3) is 23.0 Å². The molecule has 2 N–H and O–H groups in total. The van der Waals surface area contributed by atoms with Gasteiger partial charge in [-0.3, -0.25) is 0 Å². The molecule has 0 unspecified atom stereocenters. The van der Waals surface area contributed by atoms with Gasteiger partial charge in [0.25, 0.3) is 0 Å². The monoisotopic (exact) mass is 254 g/mol. The minimum atomic E-state index is 0.644. The second-order valence-electron chi connectivity index (χ2n) is 4.39. The van der Waals surface area contributed by atoms with E-state index in [-0.39, 0.29) is 0 Å². The molecule has 0 aliphatic rings. The molecule has 96 valence electrons. The van der Waals surface area contributed by atoms with Crippen molar-refractivity contribution in [1.29, 1.82) is 0 Å². The number of hydrogen-bond acceptors (Lipinski definition) is 4. The van der Waals surface area contributed by atoms with Gasteiger partial charge in [-0.2, -0.15) is 0 Å². The molecule has 0 aliphatic heterocycles. The lowest BCUT2D eigenvalue weighted by molar-refractivity contribution is 0.907. The van der Waals surface area contributed by atoms with E-state index >= 15 is 0 Å². The van der Waals surface area contributed by atoms with Gasteiger partial charge in [0, 0.05) is 44.6 Å². The van der Waals surface area contributed by atoms with Gasteiger partial charge in [-0.05, 0) is 12.1 Å². The zero-order chi connectivity index (χ0) is 13.4. The Kier molecular flexibility index (Phi) is 2.56. The molecule has 6 nitrogen and oxygen atoms in total. The molecule has 0 amide bonds. The standard InChI is InChI=1S/C13H14N6/c1-18-5-3-15-12(18)10-7-9(14)8-11(17-10)13-16-4-6-19(13)2/h3-8H,1-2H3,(H2,14,17). The molecule has 0 atom stereocenters. The molecular formula is C13H14N6. The van der Waals surface area contributed by atoms with Crippen LogP contribution < -0.4 is 5.73 Å². The molecule has 0 aromatic carbocycles. The van der Waals surface area contributed by atoms with E-state index in [1.165, 1.54) is 0 Å². The molecule has 3 aromatic rings. The minimum absolute atomic E-state index is 0.644. The lowest BCUT2D eigenvalue weighted by Crippen LogP contribution is -2.00. The van der Waals surface area contributed by atoms with Gasteiger partial charge in [0.2, 0.25) is 0 Å². The lowest BCUT2D eigenvalue weighted by Gasteiger charge is -2.07. The van der Waals surface area contributed by atoms with Crippen LogP contribution in [0.15, 0.2) is 36.9 Å². The summed E-state index contributed by atoms with van der Waals surface area (Å²) in [5.41, 5.74) is 8.08. The van der Waals surface area contributed by atoms with Crippen molar-refractivity contribution < 1.29 is 0 Å². The average Bonchev–Trinajstić information content (AvgIpc) is 2.97. The number of aromatic nitrogens is 5. The molecule has 0 fully saturated rings. The molecule has 3 heterocycles. The zero-order valence-corrected chi connectivity index (χ0v) is 10.8. The van der Waals surface area contributed by atoms with Crippen molar-refractivity contribution in [2.24, 2.45) is 14.1 Å². The van der Waals surface area contributed by atoms with E-state index < -0.39 is 0 Å². The summed E-state index contributed by atoms with van der Waals surface area (Å²) < 4.78 is 3.81. The molecule has 19 heavy (non-hydrogen) atoms. The van der Waals surface area contributed by atoms with Crippen molar-refractivity contribution in [1.82, 2.24) is 24.1 Å². The minimum Gasteiger partial charge on any atom is -0.399 e. The van der Waals surface area contributed by atoms with Crippen molar-refractivity contribution in [2.45, 2.75) is 0 Å². The van der Waals surface area contributed by atoms with Gasteiger partial charge in [-0.15, -0.1) is 0 Å². The quantitative estimate of drug-likeness (QED) is 0.751. The van der Waals surface area contributed by atoms with Gasteiger partial charge in [0.05, 0.1) is 0 Å². The second kappa shape index (κ2) is 4.24. The SMILES string of the molecule is Cn1ccnc1-c1cc(N)cc(-c2nccn2C)n1. The van der Waals surface area contributed by atoms with Crippen LogP contribution in [0.1, 0.15) is 0 Å². The van der Waals surface area contributed by atoms with Gasteiger partial charge in [0.1, 0.15) is 11.4 Å². The summed E-state index contributed by atoms with van der Waals surface area (Å²) in [6, 6.07) is 3.63. The van der Waals surface area contributed by atoms with Crippen molar-refractivity contribution in [2.75, 3.05) is 5.73 Å². The van der Waals surface area contributed by atoms with Gasteiger partial charge >= 0.3 is 0 Å². The van der Waals surface area contributed by atoms with Crippen LogP contribution in [-0.4, -0.2) is 24.1 Å². The average molecular weight is 254 g/mol. The maximum Gasteiger partial charge on any atom is 0.158 e. The Morgan fingerprint density at radius 3 is 1.74 bits per heavy atom. The highest BCUT2D eigenvalue weighted by molar-refractivity contribution is 5.65. The lowest BCUT2D eigenvalue weighted by atomic mass is 10.2. The summed E-state index contributed by atoms with van der Waals surface area (Å²) in [6.45, 7) is 0. The molecule has 0 saturated carbocycles. The number of pyridine rings is 1. The van der Waals surface area contributed by atoms with Gasteiger partial charge < -0.3 is 14.9 Å². The summed E-state index contributed by atoms with van der Waals surface area (Å²) in [4.78, 5) is 13.2. The van der Waals surface area contributed by atoms with Crippen molar-refractivity contribution >= 4 is 5.69 Å². The van der Waals surface area contributed by atoms with E-state index in [2.05, 4.69) is 15.0 Å². The van der Waals surface area contributed by atoms with Crippen molar-refractivity contribution in [3.63, 3.8) is 0 Å². The molecule has 0 bridgehead atoms. The predicted molar refractivity (Wildman–Crippen MR) is 73.1 cm³/mol. The Morgan fingerprint density at radius 1 is 0.895 bits per heavy atom. The summed E-state index contributed by atoms with van der Waals surface area (Å²) in [6.07, 6.45) is 7.22. The number of aryl methyl sites for hydroxylation is 2. The number of nitrogens with two attached hydrogens (primary N) is 1. The van der Waals surface area contributed by atoms with Crippen LogP contribution in [0.5, 0.6) is 0 Å². The van der Waals surface area contributed by atoms with Gasteiger partial charge in [-0.25, -0.2) is 15.0 Å². The smallest absolute Gasteiger partial charge is 0.158 e. The molecular weight excluding hydrogens is 240 g/mol. The van der Waals surface area contributed by atoms with Gasteiger partial charge in [0.15, 0.2) is 11.6 Å². The molecule has 0 radical (unpaired) electrons. The van der Waals surface area contributed by atoms with E-state index in [4.69, 9.17) is 5.73 Å². The molecule has 0 spiro atoms. The third kappa shape index (κ3) is 1.97. The maximum atomic E-state index is 5.96. The summed E-state index contributed by atoms with van der Waals surface area (Å²) in [7, 11) is 3.85. The van der Waals surface area contributed by atoms with Crippen LogP contribution >= 0.6 is 0 Å². The fourth-order valence-electron chi connectivity index (χ4n) is 2.01. The molecule has 3 rings (SSSR count). The van der Waals surface area contributed by atoms with Crippen LogP contribution in [0, 0.1) is 0 Å². The first-order valence-corrected chi connectivity index (χ1v) is 5.88. The first-order chi connectivity index (χ1) is 9.15. The number of anilines is 1. The number of nitrogens with zero attached hydrogens (tertiary/aromatic N) is 5. The molecule has 3 aromatic heterocycles. The first kappa shape index (κ1) is 11.5. The Bertz CT molecular complexity index is 666. The van der Waals surface area contributed by atoms with Crippen LogP contribution in [0.4, 0.5) is 5.69 Å². The molecule has 6 heteroatoms. The number of imidazole rings is 2. The molecule has 0 saturated heterocycles. The largest absolute Gasteiger partial charge is 0.399 e. The van der Waals surface area contributed by atoms with Crippen molar-refractivity contribution in [3.05, 3.63) is 36.9 Å². The zero-order valence-electron chi connectivity index (χ0n) is 10.8. The second-order valence-corrected chi connectivity index (χ2v) is 4.39. The highest BCUT2D eigenvalue weighted by Crippen LogP contribution is 2.23. The van der Waals surface area contributed by atoms with Gasteiger partial charge in [-0.1, -0.05) is 0 Å². The highest BCUT2D eigenvalue weighted by Gasteiger charge is 2.11. The molecule has 0 aliphatic carbocycles. The fraction of sp³-hybridized carbons (Fsp3) is 0.154. The first-order valence-electron chi connectivity index (χ1n) is 5.88. The summed E-state index contributed by atoms with van der Waals surface area (Å²) in [5, 5.41) is 0. The van der Waals surface area contributed by atoms with E-state index in [1.54, 1.807) is 12.4 Å². The van der Waals surface area contributed by atoms with Crippen LogP contribution in [-0.2, 0) is 14.1 Å². The number of nitrogen functional groups attached to an aromatic ring is 1. The normalized spacial score (nSPS) is 10.8. The third-order valence-corrected chi connectivity index (χ3v) is 2.95. The van der Waals surface area contributed by atoms with E-state index in [9.17, 15) is 0 Å². The number of rotatable bonds is 2. The Labute approximate surface area is 110 Å². The van der Waals surface area contributed by atoms with E-state index in [0.717, 1.165) is 23.0 Å². The maximum absolute atomic E-state index is 5.96. The predicted octanol–water partition coefficient (Wildman–Crippen LogP) is 1.46. The Balaban J connectivity index is 2.17. The Morgan fingerprint density at radius 2 is 1.37 bits per heavy atom. The topological polar surface area (TPSA) is 74.6 Å².